The maximum Gasteiger partial charge on any atom is 0.328 e. The van der Waals surface area contributed by atoms with Gasteiger partial charge in [-0.3, -0.25) is 9.59 Å². The molecule has 0 spiro atoms. The first-order valence-electron chi connectivity index (χ1n) is 10.6. The second kappa shape index (κ2) is 11.9. The van der Waals surface area contributed by atoms with E-state index in [1.54, 1.807) is 17.5 Å². The van der Waals surface area contributed by atoms with Crippen molar-refractivity contribution >= 4 is 52.3 Å². The number of hydrogen-bond acceptors (Lipinski definition) is 6. The predicted octanol–water partition coefficient (Wildman–Crippen LogP) is 4.28. The van der Waals surface area contributed by atoms with Crippen LogP contribution in [0.15, 0.2) is 53.9 Å². The lowest BCUT2D eigenvalue weighted by Gasteiger charge is -2.23. The van der Waals surface area contributed by atoms with Gasteiger partial charge in [-0.05, 0) is 46.8 Å². The third kappa shape index (κ3) is 7.16. The van der Waals surface area contributed by atoms with Gasteiger partial charge in [-0.25, -0.2) is 13.6 Å². The zero-order valence-corrected chi connectivity index (χ0v) is 21.1. The lowest BCUT2D eigenvalue weighted by Crippen LogP contribution is -2.48. The van der Waals surface area contributed by atoms with Crippen molar-refractivity contribution < 1.29 is 38.5 Å². The maximum absolute atomic E-state index is 14.8. The summed E-state index contributed by atoms with van der Waals surface area (Å²) in [5.41, 5.74) is -0.655. The highest BCUT2D eigenvalue weighted by molar-refractivity contribution is 7.12. The quantitative estimate of drug-likeness (QED) is 0.246. The van der Waals surface area contributed by atoms with Crippen LogP contribution >= 0.6 is 34.5 Å². The number of aliphatic carboxylic acids is 1. The Morgan fingerprint density at radius 3 is 2.27 bits per heavy atom. The molecule has 0 radical (unpaired) electrons. The molecule has 2 aromatic carbocycles. The van der Waals surface area contributed by atoms with Gasteiger partial charge in [0.2, 0.25) is 0 Å². The minimum absolute atomic E-state index is 0.103. The molecule has 0 aliphatic rings. The fraction of sp³-hybridized carbons (Fsp3) is 0.208. The van der Waals surface area contributed by atoms with E-state index in [-0.39, 0.29) is 32.5 Å². The molecule has 0 bridgehead atoms. The molecule has 0 saturated carbocycles. The van der Waals surface area contributed by atoms with Crippen LogP contribution in [0.25, 0.3) is 0 Å². The van der Waals surface area contributed by atoms with E-state index in [0.29, 0.717) is 4.88 Å². The summed E-state index contributed by atoms with van der Waals surface area (Å²) in [7, 11) is 0. The van der Waals surface area contributed by atoms with Crippen LogP contribution in [0.2, 0.25) is 10.0 Å². The Hall–Kier alpha value is -3.25. The number of halogens is 4. The van der Waals surface area contributed by atoms with Gasteiger partial charge < -0.3 is 26.0 Å². The topological polar surface area (TPSA) is 136 Å². The largest absolute Gasteiger partial charge is 0.508 e. The van der Waals surface area contributed by atoms with Crippen LogP contribution in [0.1, 0.15) is 37.3 Å². The molecule has 2 atom stereocenters. The maximum atomic E-state index is 14.8. The molecule has 37 heavy (non-hydrogen) atoms. The summed E-state index contributed by atoms with van der Waals surface area (Å²) in [6.45, 7) is -0.440. The van der Waals surface area contributed by atoms with Crippen LogP contribution in [-0.4, -0.2) is 51.6 Å². The highest BCUT2D eigenvalue weighted by Gasteiger charge is 2.40. The number of aliphatic hydroxyl groups is 1. The third-order valence-electron chi connectivity index (χ3n) is 5.17. The van der Waals surface area contributed by atoms with Crippen molar-refractivity contribution in [2.45, 2.75) is 24.5 Å². The number of carbonyl (C=O) groups excluding carboxylic acids is 2. The number of amides is 2. The number of carboxylic acids is 1. The van der Waals surface area contributed by atoms with Gasteiger partial charge >= 0.3 is 5.97 Å². The average Bonchev–Trinajstić information content (AvgIpc) is 3.35. The number of aromatic hydroxyl groups is 1. The van der Waals surface area contributed by atoms with Crippen LogP contribution in [0.3, 0.4) is 0 Å². The predicted molar refractivity (Wildman–Crippen MR) is 134 cm³/mol. The molecule has 2 amide bonds. The lowest BCUT2D eigenvalue weighted by atomic mass is 9.96. The summed E-state index contributed by atoms with van der Waals surface area (Å²) < 4.78 is 29.5. The number of thiophene rings is 1. The number of aliphatic hydroxyl groups excluding tert-OH is 1. The van der Waals surface area contributed by atoms with Gasteiger partial charge in [-0.15, -0.1) is 11.3 Å². The summed E-state index contributed by atoms with van der Waals surface area (Å²) in [6.07, 6.45) is -3.25. The Balaban J connectivity index is 1.72. The van der Waals surface area contributed by atoms with E-state index >= 15 is 0 Å². The van der Waals surface area contributed by atoms with Gasteiger partial charge in [-0.2, -0.15) is 0 Å². The summed E-state index contributed by atoms with van der Waals surface area (Å²) >= 11 is 13.4. The van der Waals surface area contributed by atoms with Gasteiger partial charge in [0.25, 0.3) is 17.7 Å². The minimum Gasteiger partial charge on any atom is -0.508 e. The molecular weight excluding hydrogens is 553 g/mol. The molecule has 5 N–H and O–H groups in total. The number of rotatable bonds is 10. The Labute approximate surface area is 223 Å². The van der Waals surface area contributed by atoms with Crippen molar-refractivity contribution in [3.05, 3.63) is 85.5 Å². The Kier molecular flexibility index (Phi) is 9.08. The zero-order valence-electron chi connectivity index (χ0n) is 18.8. The molecule has 13 heteroatoms. The van der Waals surface area contributed by atoms with Crippen LogP contribution in [0.5, 0.6) is 5.75 Å². The number of phenols is 1. The number of alkyl halides is 2. The van der Waals surface area contributed by atoms with E-state index in [2.05, 4.69) is 10.6 Å². The van der Waals surface area contributed by atoms with Crippen molar-refractivity contribution in [1.82, 2.24) is 10.6 Å². The van der Waals surface area contributed by atoms with Gasteiger partial charge in [0.1, 0.15) is 17.9 Å². The van der Waals surface area contributed by atoms with E-state index in [1.165, 1.54) is 18.2 Å². The van der Waals surface area contributed by atoms with E-state index in [1.807, 2.05) is 0 Å². The number of phenolic OH excluding ortho intramolecular Hbond substituents is 1. The number of carbonyl (C=O) groups is 3. The van der Waals surface area contributed by atoms with Crippen molar-refractivity contribution in [1.29, 1.82) is 0 Å². The van der Waals surface area contributed by atoms with E-state index in [9.17, 15) is 38.5 Å². The summed E-state index contributed by atoms with van der Waals surface area (Å²) in [5, 5.41) is 34.7. The molecule has 8 nitrogen and oxygen atoms in total. The number of carboxylic acid groups (broad SMARTS) is 1. The number of benzene rings is 2. The monoisotopic (exact) mass is 572 g/mol. The molecule has 0 aliphatic heterocycles. The standard InChI is InChI=1S/C24H20Cl2F2N2O6S/c25-15-7-12(10-24(27,28)20(32)13-3-1-4-14(31)9-13)8-16(26)19(15)22(34)30-17(23(35)36)11-29-21(33)18-5-2-6-37-18/h1-9,17,20,31-32H,10-11H2,(H,29,33)(H,30,34)(H,35,36). The van der Waals surface area contributed by atoms with Gasteiger partial charge in [-0.1, -0.05) is 41.4 Å². The van der Waals surface area contributed by atoms with Gasteiger partial charge in [0, 0.05) is 13.0 Å². The van der Waals surface area contributed by atoms with E-state index in [4.69, 9.17) is 23.2 Å². The zero-order chi connectivity index (χ0) is 27.3. The van der Waals surface area contributed by atoms with Crippen molar-refractivity contribution in [2.24, 2.45) is 0 Å². The van der Waals surface area contributed by atoms with Crippen molar-refractivity contribution in [3.8, 4) is 5.75 Å². The first kappa shape index (κ1) is 28.3. The first-order chi connectivity index (χ1) is 17.4. The van der Waals surface area contributed by atoms with Crippen LogP contribution in [0, 0.1) is 0 Å². The molecule has 1 heterocycles. The summed E-state index contributed by atoms with van der Waals surface area (Å²) in [6, 6.07) is 8.58. The number of nitrogens with one attached hydrogen (secondary N) is 2. The SMILES string of the molecule is O=C(NCC(NC(=O)c1c(Cl)cc(CC(F)(F)C(O)c2cccc(O)c2)cc1Cl)C(=O)O)c1cccs1. The van der Waals surface area contributed by atoms with Gasteiger partial charge in [0.15, 0.2) is 0 Å². The average molecular weight is 573 g/mol. The molecule has 0 saturated heterocycles. The Morgan fingerprint density at radius 1 is 1.03 bits per heavy atom. The Bertz CT molecular complexity index is 1280. The third-order valence-corrected chi connectivity index (χ3v) is 6.63. The second-order valence-corrected chi connectivity index (χ2v) is 9.68. The molecular formula is C24H20Cl2F2N2O6S. The first-order valence-corrected chi connectivity index (χ1v) is 12.2. The van der Waals surface area contributed by atoms with E-state index < -0.39 is 48.8 Å². The molecule has 2 unspecified atom stereocenters. The lowest BCUT2D eigenvalue weighted by molar-refractivity contribution is -0.139. The molecule has 3 aromatic rings. The molecule has 3 rings (SSSR count). The van der Waals surface area contributed by atoms with Crippen molar-refractivity contribution in [3.63, 3.8) is 0 Å². The normalized spacial score (nSPS) is 13.0. The smallest absolute Gasteiger partial charge is 0.328 e. The highest BCUT2D eigenvalue weighted by atomic mass is 35.5. The molecule has 196 valence electrons. The van der Waals surface area contributed by atoms with Crippen LogP contribution in [0.4, 0.5) is 8.78 Å². The molecule has 0 fully saturated rings. The summed E-state index contributed by atoms with van der Waals surface area (Å²) in [5.74, 6) is -6.95. The van der Waals surface area contributed by atoms with E-state index in [0.717, 1.165) is 29.5 Å². The van der Waals surface area contributed by atoms with Crippen LogP contribution in [-0.2, 0) is 11.2 Å². The fourth-order valence-electron chi connectivity index (χ4n) is 3.37. The van der Waals surface area contributed by atoms with Crippen LogP contribution < -0.4 is 10.6 Å². The second-order valence-electron chi connectivity index (χ2n) is 7.92. The summed E-state index contributed by atoms with van der Waals surface area (Å²) in [4.78, 5) is 36.7. The molecule has 1 aromatic heterocycles. The minimum atomic E-state index is -3.70. The Morgan fingerprint density at radius 2 is 1.70 bits per heavy atom. The molecule has 0 aliphatic carbocycles. The van der Waals surface area contributed by atoms with Gasteiger partial charge in [0.05, 0.1) is 20.5 Å². The highest BCUT2D eigenvalue weighted by Crippen LogP contribution is 2.37. The van der Waals surface area contributed by atoms with Crippen molar-refractivity contribution in [2.75, 3.05) is 6.54 Å². The fourth-order valence-corrected chi connectivity index (χ4v) is 4.72. The number of hydrogen-bond donors (Lipinski definition) is 5.